The fourth-order valence-electron chi connectivity index (χ4n) is 6.49. The zero-order chi connectivity index (χ0) is 36.8. The van der Waals surface area contributed by atoms with Crippen LogP contribution in [0.4, 0.5) is 0 Å². The maximum absolute atomic E-state index is 13.2. The van der Waals surface area contributed by atoms with Gasteiger partial charge in [0.25, 0.3) is 0 Å². The number of phenols is 1. The second kappa shape index (κ2) is 16.6. The van der Waals surface area contributed by atoms with Gasteiger partial charge >= 0.3 is 16.3 Å². The predicted octanol–water partition coefficient (Wildman–Crippen LogP) is 7.49. The third kappa shape index (κ3) is 8.33. The highest BCUT2D eigenvalue weighted by atomic mass is 35.5. The van der Waals surface area contributed by atoms with Crippen LogP contribution in [0, 0.1) is 6.92 Å². The van der Waals surface area contributed by atoms with Gasteiger partial charge in [-0.15, -0.1) is 28.5 Å². The van der Waals surface area contributed by atoms with E-state index in [1.165, 1.54) is 34.5 Å². The molecule has 4 aromatic carbocycles. The van der Waals surface area contributed by atoms with E-state index < -0.39 is 16.2 Å². The number of unbranched alkanes of at least 4 members (excludes halogenated alkanes) is 1. The number of carbonyl (C=O) groups excluding carboxylic acids is 1. The van der Waals surface area contributed by atoms with Gasteiger partial charge in [-0.3, -0.25) is 4.79 Å². The summed E-state index contributed by atoms with van der Waals surface area (Å²) in [5, 5.41) is 19.0. The van der Waals surface area contributed by atoms with Crippen molar-refractivity contribution in [3.63, 3.8) is 0 Å². The Kier molecular flexibility index (Phi) is 11.9. The molecule has 6 rings (SSSR count). The molecule has 0 amide bonds. The van der Waals surface area contributed by atoms with E-state index in [9.17, 15) is 18.3 Å². The average molecular weight is 765 g/mol. The Morgan fingerprint density at radius 3 is 2.69 bits per heavy atom. The smallest absolute Gasteiger partial charge is 0.385 e. The Bertz CT molecular complexity index is 2180. The highest BCUT2D eigenvalue weighted by Crippen LogP contribution is 2.38. The second-order valence-corrected chi connectivity index (χ2v) is 15.4. The summed E-state index contributed by atoms with van der Waals surface area (Å²) in [6.07, 6.45) is 1.99. The number of ether oxygens (including phenoxy) is 2. The lowest BCUT2D eigenvalue weighted by Gasteiger charge is -2.28. The number of esters is 1. The summed E-state index contributed by atoms with van der Waals surface area (Å²) in [6.45, 7) is 4.64. The number of nitrogens with zero attached hydrogens (tertiary/aromatic N) is 4. The van der Waals surface area contributed by atoms with Crippen LogP contribution in [0.3, 0.4) is 0 Å². The molecule has 11 nitrogen and oxygen atoms in total. The van der Waals surface area contributed by atoms with Gasteiger partial charge in [-0.1, -0.05) is 41.6 Å². The van der Waals surface area contributed by atoms with Gasteiger partial charge < -0.3 is 18.8 Å². The number of methoxy groups -OCH3 is 1. The van der Waals surface area contributed by atoms with Crippen molar-refractivity contribution >= 4 is 50.7 Å². The Morgan fingerprint density at radius 1 is 1.08 bits per heavy atom. The van der Waals surface area contributed by atoms with E-state index in [1.54, 1.807) is 13.0 Å². The van der Waals surface area contributed by atoms with Gasteiger partial charge in [0, 0.05) is 47.5 Å². The molecular formula is C38H41ClN4O7S2. The number of phenolic OH excluding ortho intramolecular Hbond substituents is 1. The summed E-state index contributed by atoms with van der Waals surface area (Å²) in [6, 6.07) is 22.0. The van der Waals surface area contributed by atoms with Crippen LogP contribution < -0.4 is 8.92 Å². The first-order valence-electron chi connectivity index (χ1n) is 17.0. The Labute approximate surface area is 313 Å². The number of benzene rings is 4. The van der Waals surface area contributed by atoms with Gasteiger partial charge in [0.15, 0.2) is 0 Å². The van der Waals surface area contributed by atoms with Crippen molar-refractivity contribution in [2.24, 2.45) is 0 Å². The Balaban J connectivity index is 1.24. The molecule has 0 spiro atoms. The van der Waals surface area contributed by atoms with Crippen LogP contribution in [0.25, 0.3) is 11.0 Å². The lowest BCUT2D eigenvalue weighted by Crippen LogP contribution is -2.37. The summed E-state index contributed by atoms with van der Waals surface area (Å²) < 4.78 is 45.8. The molecule has 0 bridgehead atoms. The molecule has 1 aliphatic rings. The minimum atomic E-state index is -4.14. The van der Waals surface area contributed by atoms with Crippen molar-refractivity contribution in [3.8, 4) is 17.2 Å². The number of alkyl halides is 1. The number of hydrogen-bond donors (Lipinski definition) is 1. The van der Waals surface area contributed by atoms with Gasteiger partial charge in [-0.2, -0.15) is 12.7 Å². The largest absolute Gasteiger partial charge is 0.508 e. The minimum Gasteiger partial charge on any atom is -0.508 e. The van der Waals surface area contributed by atoms with Crippen molar-refractivity contribution in [1.82, 2.24) is 19.3 Å². The van der Waals surface area contributed by atoms with Crippen molar-refractivity contribution in [1.29, 1.82) is 0 Å². The molecule has 2 heterocycles. The first-order valence-corrected chi connectivity index (χ1v) is 19.9. The number of rotatable bonds is 15. The molecule has 1 N–H and O–H groups in total. The van der Waals surface area contributed by atoms with Gasteiger partial charge in [0.2, 0.25) is 0 Å². The summed E-state index contributed by atoms with van der Waals surface area (Å²) in [4.78, 5) is 14.2. The molecule has 0 saturated heterocycles. The van der Waals surface area contributed by atoms with E-state index >= 15 is 0 Å². The topological polar surface area (TPSA) is 133 Å². The molecule has 14 heteroatoms. The van der Waals surface area contributed by atoms with Crippen LogP contribution in [0.2, 0.25) is 0 Å². The van der Waals surface area contributed by atoms with E-state index in [-0.39, 0.29) is 43.6 Å². The first-order chi connectivity index (χ1) is 25.1. The number of fused-ring (bicyclic) bond motifs is 2. The molecule has 1 aromatic heterocycles. The van der Waals surface area contributed by atoms with Gasteiger partial charge in [0.1, 0.15) is 22.8 Å². The van der Waals surface area contributed by atoms with Gasteiger partial charge in [-0.25, -0.2) is 4.68 Å². The number of aromatic nitrogens is 3. The normalized spacial score (nSPS) is 14.5. The van der Waals surface area contributed by atoms with Crippen molar-refractivity contribution in [2.75, 3.05) is 19.5 Å². The van der Waals surface area contributed by atoms with Crippen LogP contribution in [0.15, 0.2) is 77.7 Å². The summed E-state index contributed by atoms with van der Waals surface area (Å²) in [7, 11) is -2.62. The molecule has 274 valence electrons. The van der Waals surface area contributed by atoms with Gasteiger partial charge in [0.05, 0.1) is 25.7 Å². The molecule has 1 aliphatic heterocycles. The standard InChI is InChI=1S/C38H41ClN4O7S2/c1-4-49-37(45)21-32(26-11-15-34(48-3)28(19-26)23-42-24-29-20-30(44)12-16-35(29)50-52(42,46)47)31-13-14-33-38(25(31)2)40-41-43(33)17-7-8-18-51-36-10-6-5-9-27(36)22-39/h5-6,9-16,19-20,32,44H,4,7-8,17-18,21-24H2,1-3H3. The fraction of sp³-hybridized carbons (Fsp3) is 0.342. The van der Waals surface area contributed by atoms with Crippen LogP contribution in [-0.4, -0.2) is 58.3 Å². The Morgan fingerprint density at radius 2 is 1.90 bits per heavy atom. The van der Waals surface area contributed by atoms with E-state index in [4.69, 9.17) is 25.3 Å². The summed E-state index contributed by atoms with van der Waals surface area (Å²) >= 11 is 7.92. The second-order valence-electron chi connectivity index (χ2n) is 12.5. The number of thioether (sulfide) groups is 1. The van der Waals surface area contributed by atoms with Crippen LogP contribution in [0.5, 0.6) is 17.2 Å². The van der Waals surface area contributed by atoms with Gasteiger partial charge in [-0.05, 0) is 91.1 Å². The molecule has 1 atom stereocenters. The molecule has 0 saturated carbocycles. The summed E-state index contributed by atoms with van der Waals surface area (Å²) in [5.74, 6) is 1.34. The maximum atomic E-state index is 13.2. The number of hydrogen-bond acceptors (Lipinski definition) is 10. The monoisotopic (exact) mass is 764 g/mol. The van der Waals surface area contributed by atoms with E-state index in [0.29, 0.717) is 29.3 Å². The highest BCUT2D eigenvalue weighted by Gasteiger charge is 2.33. The lowest BCUT2D eigenvalue weighted by molar-refractivity contribution is -0.143. The summed E-state index contributed by atoms with van der Waals surface area (Å²) in [5.41, 5.74) is 6.49. The molecule has 0 radical (unpaired) electrons. The number of aromatic hydroxyl groups is 1. The fourth-order valence-corrected chi connectivity index (χ4v) is 8.96. The molecular weight excluding hydrogens is 724 g/mol. The average Bonchev–Trinajstić information content (AvgIpc) is 3.55. The molecule has 5 aromatic rings. The zero-order valence-corrected chi connectivity index (χ0v) is 31.6. The van der Waals surface area contributed by atoms with Crippen molar-refractivity contribution in [2.45, 2.75) is 69.4 Å². The molecule has 0 fully saturated rings. The van der Waals surface area contributed by atoms with Crippen molar-refractivity contribution < 1.29 is 32.0 Å². The molecule has 52 heavy (non-hydrogen) atoms. The zero-order valence-electron chi connectivity index (χ0n) is 29.2. The first kappa shape index (κ1) is 37.5. The minimum absolute atomic E-state index is 0.00202. The third-order valence-corrected chi connectivity index (χ3v) is 11.9. The number of halogens is 1. The van der Waals surface area contributed by atoms with Crippen LogP contribution in [0.1, 0.15) is 65.5 Å². The molecule has 0 aliphatic carbocycles. The van der Waals surface area contributed by atoms with E-state index in [2.05, 4.69) is 22.4 Å². The number of aryl methyl sites for hydroxylation is 2. The van der Waals surface area contributed by atoms with Crippen molar-refractivity contribution in [3.05, 3.63) is 106 Å². The quantitative estimate of drug-likeness (QED) is 0.0495. The van der Waals surface area contributed by atoms with E-state index in [0.717, 1.165) is 51.9 Å². The van der Waals surface area contributed by atoms with Crippen LogP contribution >= 0.6 is 23.4 Å². The third-order valence-electron chi connectivity index (χ3n) is 9.13. The maximum Gasteiger partial charge on any atom is 0.385 e. The highest BCUT2D eigenvalue weighted by molar-refractivity contribution is 7.99. The van der Waals surface area contributed by atoms with Crippen LogP contribution in [-0.2, 0) is 45.3 Å². The lowest BCUT2D eigenvalue weighted by atomic mass is 9.84. The molecule has 1 unspecified atom stereocenters. The predicted molar refractivity (Wildman–Crippen MR) is 201 cm³/mol. The SMILES string of the molecule is CCOC(=O)CC(c1ccc(OC)c(CN2Cc3cc(O)ccc3OS2(=O)=O)c1)c1ccc2c(nnn2CCCCSc2ccccc2CCl)c1C. The number of carbonyl (C=O) groups is 1. The Hall–Kier alpha value is -4.30. The van der Waals surface area contributed by atoms with E-state index in [1.807, 2.05) is 59.8 Å².